The van der Waals surface area contributed by atoms with Crippen molar-refractivity contribution in [2.75, 3.05) is 50.1 Å². The molecule has 0 spiro atoms. The standard InChI is InChI=1S/C21H25BrN4O2S/c1-3-28-19-9-4-15(14-18(19)22)20(27)24-21(29)23-16-5-7-17(8-6-16)26-12-10-25(2)11-13-26/h4-9,14H,3,10-13H2,1-2H3,(H2,23,24,27,29). The molecule has 0 bridgehead atoms. The van der Waals surface area contributed by atoms with Gasteiger partial charge in [-0.15, -0.1) is 0 Å². The number of ether oxygens (including phenoxy) is 1. The van der Waals surface area contributed by atoms with Gasteiger partial charge in [0.1, 0.15) is 5.75 Å². The van der Waals surface area contributed by atoms with E-state index in [0.717, 1.165) is 36.3 Å². The number of halogens is 1. The largest absolute Gasteiger partial charge is 0.493 e. The van der Waals surface area contributed by atoms with Gasteiger partial charge in [0, 0.05) is 43.1 Å². The number of thiocarbonyl (C=S) groups is 1. The smallest absolute Gasteiger partial charge is 0.257 e. The normalized spacial score (nSPS) is 14.4. The van der Waals surface area contributed by atoms with Crippen LogP contribution in [0.1, 0.15) is 17.3 Å². The highest BCUT2D eigenvalue weighted by Crippen LogP contribution is 2.26. The minimum absolute atomic E-state index is 0.257. The fourth-order valence-corrected chi connectivity index (χ4v) is 3.78. The van der Waals surface area contributed by atoms with E-state index in [0.29, 0.717) is 17.9 Å². The summed E-state index contributed by atoms with van der Waals surface area (Å²) in [7, 11) is 2.14. The summed E-state index contributed by atoms with van der Waals surface area (Å²) in [6, 6.07) is 13.3. The molecule has 1 aliphatic heterocycles. The van der Waals surface area contributed by atoms with Crippen LogP contribution in [0.25, 0.3) is 0 Å². The van der Waals surface area contributed by atoms with E-state index in [1.807, 2.05) is 19.1 Å². The molecule has 8 heteroatoms. The average Bonchev–Trinajstić information content (AvgIpc) is 2.71. The number of piperazine rings is 1. The number of hydrogen-bond acceptors (Lipinski definition) is 5. The molecule has 1 saturated heterocycles. The first-order chi connectivity index (χ1) is 14.0. The summed E-state index contributed by atoms with van der Waals surface area (Å²) < 4.78 is 6.19. The predicted octanol–water partition coefficient (Wildman–Crippen LogP) is 3.73. The van der Waals surface area contributed by atoms with Crippen LogP contribution >= 0.6 is 28.1 Å². The molecule has 1 fully saturated rings. The molecule has 1 amide bonds. The van der Waals surface area contributed by atoms with Crippen LogP contribution in [-0.4, -0.2) is 55.8 Å². The number of rotatable bonds is 5. The zero-order chi connectivity index (χ0) is 20.8. The highest BCUT2D eigenvalue weighted by Gasteiger charge is 2.14. The minimum atomic E-state index is -0.277. The van der Waals surface area contributed by atoms with Crippen molar-refractivity contribution in [1.82, 2.24) is 10.2 Å². The number of nitrogens with zero attached hydrogens (tertiary/aromatic N) is 2. The molecule has 6 nitrogen and oxygen atoms in total. The lowest BCUT2D eigenvalue weighted by atomic mass is 10.2. The van der Waals surface area contributed by atoms with E-state index in [1.165, 1.54) is 5.69 Å². The maximum Gasteiger partial charge on any atom is 0.257 e. The Labute approximate surface area is 185 Å². The second kappa shape index (κ2) is 10.0. The number of hydrogen-bond donors (Lipinski definition) is 2. The number of benzene rings is 2. The van der Waals surface area contributed by atoms with Gasteiger partial charge in [-0.25, -0.2) is 0 Å². The highest BCUT2D eigenvalue weighted by atomic mass is 79.9. The fraction of sp³-hybridized carbons (Fsp3) is 0.333. The maximum absolute atomic E-state index is 12.4. The van der Waals surface area contributed by atoms with Gasteiger partial charge in [-0.3, -0.25) is 10.1 Å². The first kappa shape index (κ1) is 21.5. The molecular weight excluding hydrogens is 452 g/mol. The molecule has 2 aromatic carbocycles. The Morgan fingerprint density at radius 3 is 2.45 bits per heavy atom. The molecule has 29 heavy (non-hydrogen) atoms. The lowest BCUT2D eigenvalue weighted by Crippen LogP contribution is -2.44. The summed E-state index contributed by atoms with van der Waals surface area (Å²) in [5, 5.41) is 6.03. The average molecular weight is 477 g/mol. The van der Waals surface area contributed by atoms with Gasteiger partial charge in [0.2, 0.25) is 0 Å². The molecule has 0 aromatic heterocycles. The predicted molar refractivity (Wildman–Crippen MR) is 125 cm³/mol. The maximum atomic E-state index is 12.4. The van der Waals surface area contributed by atoms with Gasteiger partial charge >= 0.3 is 0 Å². The van der Waals surface area contributed by atoms with Crippen molar-refractivity contribution < 1.29 is 9.53 Å². The monoisotopic (exact) mass is 476 g/mol. The molecule has 0 atom stereocenters. The Morgan fingerprint density at radius 1 is 1.14 bits per heavy atom. The molecule has 154 valence electrons. The van der Waals surface area contributed by atoms with E-state index >= 15 is 0 Å². The first-order valence-corrected chi connectivity index (χ1v) is 10.7. The fourth-order valence-electron chi connectivity index (χ4n) is 3.07. The molecule has 1 heterocycles. The number of likely N-dealkylation sites (N-methyl/N-ethyl adjacent to an activating group) is 1. The van der Waals surface area contributed by atoms with Gasteiger partial charge in [0.25, 0.3) is 5.91 Å². The third-order valence-electron chi connectivity index (χ3n) is 4.71. The Bertz CT molecular complexity index is 867. The molecular formula is C21H25BrN4O2S. The third kappa shape index (κ3) is 5.91. The number of amides is 1. The van der Waals surface area contributed by atoms with Gasteiger partial charge in [-0.05, 0) is 84.6 Å². The molecule has 2 N–H and O–H groups in total. The summed E-state index contributed by atoms with van der Waals surface area (Å²) in [4.78, 5) is 17.1. The Hall–Kier alpha value is -2.16. The summed E-state index contributed by atoms with van der Waals surface area (Å²) in [5.74, 6) is 0.422. The number of carbonyl (C=O) groups excluding carboxylic acids is 1. The lowest BCUT2D eigenvalue weighted by Gasteiger charge is -2.34. The first-order valence-electron chi connectivity index (χ1n) is 9.54. The zero-order valence-electron chi connectivity index (χ0n) is 16.6. The van der Waals surface area contributed by atoms with Crippen LogP contribution in [0, 0.1) is 0 Å². The molecule has 1 aliphatic rings. The van der Waals surface area contributed by atoms with Crippen LogP contribution in [0.3, 0.4) is 0 Å². The molecule has 2 aromatic rings. The van der Waals surface area contributed by atoms with Crippen molar-refractivity contribution in [3.8, 4) is 5.75 Å². The van der Waals surface area contributed by atoms with Crippen molar-refractivity contribution in [2.24, 2.45) is 0 Å². The van der Waals surface area contributed by atoms with Crippen LogP contribution in [0.15, 0.2) is 46.9 Å². The van der Waals surface area contributed by atoms with Gasteiger partial charge in [0.15, 0.2) is 5.11 Å². The van der Waals surface area contributed by atoms with Crippen LogP contribution in [0.2, 0.25) is 0 Å². The summed E-state index contributed by atoms with van der Waals surface area (Å²) in [5.41, 5.74) is 2.52. The number of anilines is 2. The lowest BCUT2D eigenvalue weighted by molar-refractivity contribution is 0.0977. The van der Waals surface area contributed by atoms with Crippen molar-refractivity contribution >= 4 is 50.5 Å². The summed E-state index contributed by atoms with van der Waals surface area (Å²) in [6.45, 7) is 6.65. The summed E-state index contributed by atoms with van der Waals surface area (Å²) in [6.07, 6.45) is 0. The second-order valence-electron chi connectivity index (χ2n) is 6.82. The van der Waals surface area contributed by atoms with Gasteiger partial charge < -0.3 is 19.9 Å². The third-order valence-corrected chi connectivity index (χ3v) is 5.54. The van der Waals surface area contributed by atoms with Crippen LogP contribution in [-0.2, 0) is 0 Å². The van der Waals surface area contributed by atoms with Crippen LogP contribution in [0.4, 0.5) is 11.4 Å². The number of carbonyl (C=O) groups is 1. The van der Waals surface area contributed by atoms with Crippen molar-refractivity contribution in [3.05, 3.63) is 52.5 Å². The second-order valence-corrected chi connectivity index (χ2v) is 8.09. The van der Waals surface area contributed by atoms with Crippen LogP contribution < -0.4 is 20.3 Å². The van der Waals surface area contributed by atoms with E-state index < -0.39 is 0 Å². The SMILES string of the molecule is CCOc1ccc(C(=O)NC(=S)Nc2ccc(N3CCN(C)CC3)cc2)cc1Br. The topological polar surface area (TPSA) is 56.8 Å². The Kier molecular flexibility index (Phi) is 7.46. The molecule has 0 aliphatic carbocycles. The summed E-state index contributed by atoms with van der Waals surface area (Å²) >= 11 is 8.71. The molecule has 3 rings (SSSR count). The van der Waals surface area contributed by atoms with Crippen LogP contribution in [0.5, 0.6) is 5.75 Å². The Morgan fingerprint density at radius 2 is 1.83 bits per heavy atom. The van der Waals surface area contributed by atoms with E-state index in [-0.39, 0.29) is 11.0 Å². The molecule has 0 unspecified atom stereocenters. The van der Waals surface area contributed by atoms with Crippen molar-refractivity contribution in [3.63, 3.8) is 0 Å². The number of nitrogens with one attached hydrogen (secondary N) is 2. The van der Waals surface area contributed by atoms with E-state index in [9.17, 15) is 4.79 Å². The zero-order valence-corrected chi connectivity index (χ0v) is 19.0. The van der Waals surface area contributed by atoms with Gasteiger partial charge in [0.05, 0.1) is 11.1 Å². The highest BCUT2D eigenvalue weighted by molar-refractivity contribution is 9.10. The molecule has 0 saturated carbocycles. The quantitative estimate of drug-likeness (QED) is 0.641. The van der Waals surface area contributed by atoms with E-state index in [1.54, 1.807) is 18.2 Å². The van der Waals surface area contributed by atoms with E-state index in [4.69, 9.17) is 17.0 Å². The minimum Gasteiger partial charge on any atom is -0.493 e. The van der Waals surface area contributed by atoms with Crippen molar-refractivity contribution in [2.45, 2.75) is 6.92 Å². The molecule has 0 radical (unpaired) electrons. The van der Waals surface area contributed by atoms with Gasteiger partial charge in [-0.2, -0.15) is 0 Å². The van der Waals surface area contributed by atoms with Gasteiger partial charge in [-0.1, -0.05) is 0 Å². The van der Waals surface area contributed by atoms with E-state index in [2.05, 4.69) is 55.5 Å². The van der Waals surface area contributed by atoms with Crippen molar-refractivity contribution in [1.29, 1.82) is 0 Å². The Balaban J connectivity index is 1.55.